The molecule has 0 bridgehead atoms. The fraction of sp³-hybridized carbons (Fsp3) is 0.412. The number of hydrogen-bond acceptors (Lipinski definition) is 0. The lowest BCUT2D eigenvalue weighted by Gasteiger charge is -2.35. The van der Waals surface area contributed by atoms with Crippen molar-refractivity contribution in [3.8, 4) is 12.3 Å². The predicted molar refractivity (Wildman–Crippen MR) is 74.0 cm³/mol. The highest BCUT2D eigenvalue weighted by Crippen LogP contribution is 2.41. The third-order valence-electron chi connectivity index (χ3n) is 4.13. The van der Waals surface area contributed by atoms with Gasteiger partial charge in [0.1, 0.15) is 0 Å². The molecule has 17 heavy (non-hydrogen) atoms. The van der Waals surface area contributed by atoms with Crippen LogP contribution in [0.5, 0.6) is 0 Å². The molecular formula is C17H20. The maximum Gasteiger partial charge on any atom is 0.0245 e. The standard InChI is InChI=1S/C17H20/c1-4-14-9-11-17(3,12-10-14)16-8-6-7-15(5-2)13-16/h2,4,6-8,13H,9-12H2,1,3H3. The minimum absolute atomic E-state index is 0.305. The zero-order valence-corrected chi connectivity index (χ0v) is 10.8. The Balaban J connectivity index is 2.24. The molecule has 1 aromatic carbocycles. The van der Waals surface area contributed by atoms with Crippen molar-refractivity contribution in [1.29, 1.82) is 0 Å². The van der Waals surface area contributed by atoms with Crippen molar-refractivity contribution in [1.82, 2.24) is 0 Å². The summed E-state index contributed by atoms with van der Waals surface area (Å²) in [4.78, 5) is 0. The molecule has 0 amide bonds. The maximum absolute atomic E-state index is 5.48. The molecule has 0 N–H and O–H groups in total. The van der Waals surface area contributed by atoms with Crippen molar-refractivity contribution < 1.29 is 0 Å². The minimum atomic E-state index is 0.305. The zero-order valence-electron chi connectivity index (χ0n) is 10.8. The van der Waals surface area contributed by atoms with Crippen molar-refractivity contribution in [2.75, 3.05) is 0 Å². The Kier molecular flexibility index (Phi) is 3.38. The average molecular weight is 224 g/mol. The van der Waals surface area contributed by atoms with Gasteiger partial charge in [0.25, 0.3) is 0 Å². The molecule has 0 aliphatic heterocycles. The van der Waals surface area contributed by atoms with E-state index in [1.165, 1.54) is 31.2 Å². The van der Waals surface area contributed by atoms with Crippen LogP contribution in [0.4, 0.5) is 0 Å². The maximum atomic E-state index is 5.48. The van der Waals surface area contributed by atoms with Gasteiger partial charge in [0.05, 0.1) is 0 Å². The molecule has 0 heterocycles. The number of rotatable bonds is 1. The Labute approximate surface area is 105 Å². The Morgan fingerprint density at radius 2 is 2.00 bits per heavy atom. The largest absolute Gasteiger partial charge is 0.115 e. The molecule has 1 fully saturated rings. The van der Waals surface area contributed by atoms with Crippen molar-refractivity contribution in [3.05, 3.63) is 47.0 Å². The number of terminal acetylenes is 1. The second-order valence-electron chi connectivity index (χ2n) is 5.23. The minimum Gasteiger partial charge on any atom is -0.115 e. The summed E-state index contributed by atoms with van der Waals surface area (Å²) in [6.07, 6.45) is 12.7. The average Bonchev–Trinajstić information content (AvgIpc) is 2.40. The highest BCUT2D eigenvalue weighted by molar-refractivity contribution is 5.39. The molecule has 0 spiro atoms. The molecule has 2 rings (SSSR count). The van der Waals surface area contributed by atoms with E-state index >= 15 is 0 Å². The van der Waals surface area contributed by atoms with Gasteiger partial charge in [-0.05, 0) is 55.7 Å². The van der Waals surface area contributed by atoms with Crippen LogP contribution in [0.15, 0.2) is 35.9 Å². The van der Waals surface area contributed by atoms with Crippen LogP contribution < -0.4 is 0 Å². The summed E-state index contributed by atoms with van der Waals surface area (Å²) in [5.41, 5.74) is 4.32. The summed E-state index contributed by atoms with van der Waals surface area (Å²) in [5, 5.41) is 0. The lowest BCUT2D eigenvalue weighted by atomic mass is 9.69. The molecule has 1 aliphatic rings. The fourth-order valence-corrected chi connectivity index (χ4v) is 2.68. The van der Waals surface area contributed by atoms with Crippen LogP contribution in [0.1, 0.15) is 50.7 Å². The number of hydrogen-bond donors (Lipinski definition) is 0. The van der Waals surface area contributed by atoms with Gasteiger partial charge in [-0.3, -0.25) is 0 Å². The predicted octanol–water partition coefficient (Wildman–Crippen LogP) is 4.45. The number of benzene rings is 1. The van der Waals surface area contributed by atoms with Crippen LogP contribution in [-0.4, -0.2) is 0 Å². The Morgan fingerprint density at radius 1 is 1.29 bits per heavy atom. The van der Waals surface area contributed by atoms with Gasteiger partial charge in [0.2, 0.25) is 0 Å². The fourth-order valence-electron chi connectivity index (χ4n) is 2.68. The van der Waals surface area contributed by atoms with Crippen LogP contribution in [0.2, 0.25) is 0 Å². The summed E-state index contributed by atoms with van der Waals surface area (Å²) >= 11 is 0. The summed E-state index contributed by atoms with van der Waals surface area (Å²) in [5.74, 6) is 2.73. The van der Waals surface area contributed by atoms with Gasteiger partial charge in [-0.2, -0.15) is 0 Å². The van der Waals surface area contributed by atoms with Crippen LogP contribution in [0.3, 0.4) is 0 Å². The summed E-state index contributed by atoms with van der Waals surface area (Å²) in [6, 6.07) is 8.50. The third-order valence-corrected chi connectivity index (χ3v) is 4.13. The molecule has 0 heteroatoms. The highest BCUT2D eigenvalue weighted by Gasteiger charge is 2.30. The van der Waals surface area contributed by atoms with E-state index in [0.29, 0.717) is 5.41 Å². The van der Waals surface area contributed by atoms with Gasteiger partial charge in [0, 0.05) is 5.56 Å². The first-order chi connectivity index (χ1) is 8.18. The van der Waals surface area contributed by atoms with Gasteiger partial charge in [0.15, 0.2) is 0 Å². The van der Waals surface area contributed by atoms with Crippen LogP contribution in [0, 0.1) is 12.3 Å². The Morgan fingerprint density at radius 3 is 2.59 bits per heavy atom. The number of allylic oxidation sites excluding steroid dienone is 2. The molecule has 0 atom stereocenters. The Bertz CT molecular complexity index is 461. The van der Waals surface area contributed by atoms with E-state index in [1.54, 1.807) is 5.57 Å². The van der Waals surface area contributed by atoms with Crippen LogP contribution >= 0.6 is 0 Å². The second kappa shape index (κ2) is 4.80. The van der Waals surface area contributed by atoms with Crippen molar-refractivity contribution in [2.24, 2.45) is 0 Å². The van der Waals surface area contributed by atoms with E-state index in [2.05, 4.69) is 44.0 Å². The topological polar surface area (TPSA) is 0 Å². The lowest BCUT2D eigenvalue weighted by Crippen LogP contribution is -2.25. The molecule has 0 saturated heterocycles. The SMILES string of the molecule is C#Cc1cccc(C2(C)CCC(=CC)CC2)c1. The molecule has 1 saturated carbocycles. The molecule has 1 aliphatic carbocycles. The lowest BCUT2D eigenvalue weighted by molar-refractivity contribution is 0.363. The second-order valence-corrected chi connectivity index (χ2v) is 5.23. The first-order valence-corrected chi connectivity index (χ1v) is 6.39. The smallest absolute Gasteiger partial charge is 0.0245 e. The van der Waals surface area contributed by atoms with Gasteiger partial charge in [-0.25, -0.2) is 0 Å². The molecule has 0 nitrogen and oxygen atoms in total. The third kappa shape index (κ3) is 2.44. The monoisotopic (exact) mass is 224 g/mol. The van der Waals surface area contributed by atoms with Crippen LogP contribution in [0.25, 0.3) is 0 Å². The van der Waals surface area contributed by atoms with Gasteiger partial charge < -0.3 is 0 Å². The summed E-state index contributed by atoms with van der Waals surface area (Å²) in [7, 11) is 0. The van der Waals surface area contributed by atoms with Gasteiger partial charge in [-0.15, -0.1) is 6.42 Å². The van der Waals surface area contributed by atoms with E-state index in [-0.39, 0.29) is 0 Å². The Hall–Kier alpha value is -1.48. The molecule has 0 aromatic heterocycles. The normalized spacial score (nSPS) is 24.2. The van der Waals surface area contributed by atoms with Crippen molar-refractivity contribution in [2.45, 2.75) is 44.9 Å². The van der Waals surface area contributed by atoms with E-state index in [4.69, 9.17) is 6.42 Å². The van der Waals surface area contributed by atoms with Gasteiger partial charge in [-0.1, -0.05) is 36.6 Å². The van der Waals surface area contributed by atoms with E-state index in [9.17, 15) is 0 Å². The van der Waals surface area contributed by atoms with E-state index in [1.807, 2.05) is 6.07 Å². The van der Waals surface area contributed by atoms with E-state index in [0.717, 1.165) is 5.56 Å². The highest BCUT2D eigenvalue weighted by atomic mass is 14.3. The first-order valence-electron chi connectivity index (χ1n) is 6.39. The zero-order chi connectivity index (χ0) is 12.3. The summed E-state index contributed by atoms with van der Waals surface area (Å²) in [6.45, 7) is 4.52. The van der Waals surface area contributed by atoms with Crippen molar-refractivity contribution in [3.63, 3.8) is 0 Å². The van der Waals surface area contributed by atoms with Crippen molar-refractivity contribution >= 4 is 0 Å². The van der Waals surface area contributed by atoms with Crippen LogP contribution in [-0.2, 0) is 5.41 Å². The molecular weight excluding hydrogens is 204 g/mol. The molecule has 0 radical (unpaired) electrons. The quantitative estimate of drug-likeness (QED) is 0.488. The van der Waals surface area contributed by atoms with Gasteiger partial charge >= 0.3 is 0 Å². The summed E-state index contributed by atoms with van der Waals surface area (Å²) < 4.78 is 0. The molecule has 0 unspecified atom stereocenters. The molecule has 88 valence electrons. The molecule has 1 aromatic rings. The van der Waals surface area contributed by atoms with E-state index < -0.39 is 0 Å². The first kappa shape index (κ1) is 12.0.